The van der Waals surface area contributed by atoms with Gasteiger partial charge in [0.25, 0.3) is 0 Å². The number of benzene rings is 1. The second kappa shape index (κ2) is 6.28. The molecule has 5 nitrogen and oxygen atoms in total. The lowest BCUT2D eigenvalue weighted by molar-refractivity contribution is 0.00578. The predicted octanol–water partition coefficient (Wildman–Crippen LogP) is 3.05. The normalized spacial score (nSPS) is 19.9. The van der Waals surface area contributed by atoms with Crippen molar-refractivity contribution in [2.24, 2.45) is 0 Å². The average Bonchev–Trinajstić information content (AvgIpc) is 2.64. The van der Waals surface area contributed by atoms with Crippen LogP contribution in [-0.4, -0.2) is 41.1 Å². The highest BCUT2D eigenvalue weighted by Crippen LogP contribution is 2.39. The number of carboxylic acid groups (broad SMARTS) is 1. The van der Waals surface area contributed by atoms with Crippen LogP contribution in [0.25, 0.3) is 6.08 Å². The molecule has 0 atom stereocenters. The van der Waals surface area contributed by atoms with Crippen LogP contribution in [0.5, 0.6) is 0 Å². The Kier molecular flexibility index (Phi) is 4.92. The SMILES string of the molecule is CC1(C)OB(C(=Cc2cccc(Cl)c2C(=O)O)CO)OC1(C)C. The Hall–Kier alpha value is -1.34. The zero-order valence-corrected chi connectivity index (χ0v) is 14.3. The van der Waals surface area contributed by atoms with E-state index in [2.05, 4.69) is 0 Å². The highest BCUT2D eigenvalue weighted by atomic mass is 35.5. The maximum Gasteiger partial charge on any atom is 0.492 e. The summed E-state index contributed by atoms with van der Waals surface area (Å²) in [5.74, 6) is -1.13. The van der Waals surface area contributed by atoms with Crippen molar-refractivity contribution >= 4 is 30.8 Å². The number of aromatic carboxylic acids is 1. The van der Waals surface area contributed by atoms with Crippen molar-refractivity contribution in [1.82, 2.24) is 0 Å². The third-order valence-electron chi connectivity index (χ3n) is 4.34. The average molecular weight is 339 g/mol. The second-order valence-corrected chi connectivity index (χ2v) is 6.88. The van der Waals surface area contributed by atoms with Crippen LogP contribution in [0.1, 0.15) is 43.6 Å². The van der Waals surface area contributed by atoms with Crippen molar-refractivity contribution in [2.45, 2.75) is 38.9 Å². The van der Waals surface area contributed by atoms with E-state index in [1.54, 1.807) is 18.2 Å². The monoisotopic (exact) mass is 338 g/mol. The van der Waals surface area contributed by atoms with E-state index in [4.69, 9.17) is 20.9 Å². The maximum absolute atomic E-state index is 11.4. The standard InChI is InChI=1S/C16H20BClO5/c1-15(2)16(3,4)23-17(22-15)11(9-19)8-10-6-5-7-12(18)13(10)14(20)21/h5-8,19H,9H2,1-4H3,(H,20,21). The van der Waals surface area contributed by atoms with Gasteiger partial charge < -0.3 is 19.5 Å². The molecule has 1 fully saturated rings. The molecule has 1 aromatic carbocycles. The summed E-state index contributed by atoms with van der Waals surface area (Å²) in [5.41, 5.74) is -0.278. The molecule has 0 unspecified atom stereocenters. The van der Waals surface area contributed by atoms with Crippen molar-refractivity contribution in [3.05, 3.63) is 39.8 Å². The predicted molar refractivity (Wildman–Crippen MR) is 89.6 cm³/mol. The summed E-state index contributed by atoms with van der Waals surface area (Å²) in [5, 5.41) is 19.1. The number of halogens is 1. The minimum absolute atomic E-state index is 0.0170. The summed E-state index contributed by atoms with van der Waals surface area (Å²) in [4.78, 5) is 11.4. The highest BCUT2D eigenvalue weighted by Gasteiger charge is 2.52. The van der Waals surface area contributed by atoms with Crippen molar-refractivity contribution in [3.8, 4) is 0 Å². The minimum atomic E-state index is -1.13. The fraction of sp³-hybridized carbons (Fsp3) is 0.438. The van der Waals surface area contributed by atoms with Crippen LogP contribution in [-0.2, 0) is 9.31 Å². The molecule has 0 saturated carbocycles. The first-order valence-corrected chi connectivity index (χ1v) is 7.65. The van der Waals surface area contributed by atoms with Gasteiger partial charge in [0.05, 0.1) is 28.4 Å². The summed E-state index contributed by atoms with van der Waals surface area (Å²) in [7, 11) is -0.745. The van der Waals surface area contributed by atoms with E-state index in [0.29, 0.717) is 11.0 Å². The summed E-state index contributed by atoms with van der Waals surface area (Å²) in [6.45, 7) is 7.31. The molecule has 1 saturated heterocycles. The number of hydrogen-bond donors (Lipinski definition) is 2. The molecular weight excluding hydrogens is 318 g/mol. The Morgan fingerprint density at radius 1 is 1.26 bits per heavy atom. The van der Waals surface area contributed by atoms with Gasteiger partial charge in [0.1, 0.15) is 0 Å². The molecule has 0 bridgehead atoms. The van der Waals surface area contributed by atoms with Crippen LogP contribution < -0.4 is 0 Å². The van der Waals surface area contributed by atoms with E-state index in [9.17, 15) is 15.0 Å². The maximum atomic E-state index is 11.4. The number of aliphatic hydroxyl groups is 1. The number of carbonyl (C=O) groups is 1. The Balaban J connectivity index is 2.42. The van der Waals surface area contributed by atoms with Crippen LogP contribution in [0.2, 0.25) is 5.02 Å². The van der Waals surface area contributed by atoms with Gasteiger partial charge in [-0.2, -0.15) is 0 Å². The van der Waals surface area contributed by atoms with E-state index < -0.39 is 24.3 Å². The molecule has 124 valence electrons. The molecule has 7 heteroatoms. The van der Waals surface area contributed by atoms with Crippen molar-refractivity contribution in [3.63, 3.8) is 0 Å². The van der Waals surface area contributed by atoms with Gasteiger partial charge >= 0.3 is 13.1 Å². The van der Waals surface area contributed by atoms with E-state index in [1.807, 2.05) is 27.7 Å². The van der Waals surface area contributed by atoms with Gasteiger partial charge in [0.15, 0.2) is 0 Å². The Labute approximate surface area is 141 Å². The number of aliphatic hydroxyl groups excluding tert-OH is 1. The van der Waals surface area contributed by atoms with Crippen LogP contribution in [0, 0.1) is 0 Å². The van der Waals surface area contributed by atoms with Crippen molar-refractivity contribution in [2.75, 3.05) is 6.61 Å². The number of hydrogen-bond acceptors (Lipinski definition) is 4. The Bertz CT molecular complexity index is 638. The lowest BCUT2D eigenvalue weighted by atomic mass is 9.77. The quantitative estimate of drug-likeness (QED) is 0.825. The largest absolute Gasteiger partial charge is 0.492 e. The van der Waals surface area contributed by atoms with E-state index in [-0.39, 0.29) is 17.2 Å². The Morgan fingerprint density at radius 3 is 2.30 bits per heavy atom. The van der Waals surface area contributed by atoms with E-state index in [1.165, 1.54) is 6.07 Å². The third-order valence-corrected chi connectivity index (χ3v) is 4.65. The van der Waals surface area contributed by atoms with Gasteiger partial charge in [-0.1, -0.05) is 29.8 Å². The zero-order chi connectivity index (χ0) is 17.4. The molecule has 0 aromatic heterocycles. The van der Waals surface area contributed by atoms with Crippen LogP contribution in [0.4, 0.5) is 0 Å². The fourth-order valence-electron chi connectivity index (χ4n) is 2.27. The van der Waals surface area contributed by atoms with Crippen LogP contribution in [0.15, 0.2) is 23.7 Å². The lowest BCUT2D eigenvalue weighted by Crippen LogP contribution is -2.41. The first kappa shape index (κ1) is 18.0. The van der Waals surface area contributed by atoms with Gasteiger partial charge in [-0.25, -0.2) is 4.79 Å². The molecule has 1 aromatic rings. The first-order chi connectivity index (χ1) is 10.6. The molecule has 0 radical (unpaired) electrons. The molecule has 0 aliphatic carbocycles. The van der Waals surface area contributed by atoms with Gasteiger partial charge in [-0.15, -0.1) is 0 Å². The van der Waals surface area contributed by atoms with E-state index >= 15 is 0 Å². The topological polar surface area (TPSA) is 76.0 Å². The first-order valence-electron chi connectivity index (χ1n) is 7.28. The van der Waals surface area contributed by atoms with E-state index in [0.717, 1.165) is 0 Å². The minimum Gasteiger partial charge on any atom is -0.478 e. The summed E-state index contributed by atoms with van der Waals surface area (Å²) in [6, 6.07) is 4.78. The molecule has 1 aliphatic heterocycles. The fourth-order valence-corrected chi connectivity index (χ4v) is 2.53. The number of rotatable bonds is 4. The van der Waals surface area contributed by atoms with Crippen molar-refractivity contribution < 1.29 is 24.3 Å². The smallest absolute Gasteiger partial charge is 0.478 e. The molecule has 1 aliphatic rings. The highest BCUT2D eigenvalue weighted by molar-refractivity contribution is 6.55. The summed E-state index contributed by atoms with van der Waals surface area (Å²) >= 11 is 5.97. The lowest BCUT2D eigenvalue weighted by Gasteiger charge is -2.32. The molecule has 1 heterocycles. The van der Waals surface area contributed by atoms with Gasteiger partial charge in [0.2, 0.25) is 0 Å². The van der Waals surface area contributed by atoms with Gasteiger partial charge in [-0.05, 0) is 44.8 Å². The molecule has 23 heavy (non-hydrogen) atoms. The van der Waals surface area contributed by atoms with Crippen LogP contribution >= 0.6 is 11.6 Å². The molecule has 2 rings (SSSR count). The Morgan fingerprint density at radius 2 is 1.83 bits per heavy atom. The molecule has 2 N–H and O–H groups in total. The van der Waals surface area contributed by atoms with Gasteiger partial charge in [0, 0.05) is 0 Å². The third kappa shape index (κ3) is 3.45. The molecular formula is C16H20BClO5. The molecule has 0 spiro atoms. The van der Waals surface area contributed by atoms with Crippen molar-refractivity contribution in [1.29, 1.82) is 0 Å². The van der Waals surface area contributed by atoms with Crippen LogP contribution in [0.3, 0.4) is 0 Å². The molecule has 0 amide bonds. The summed E-state index contributed by atoms with van der Waals surface area (Å²) < 4.78 is 11.8. The van der Waals surface area contributed by atoms with Gasteiger partial charge in [-0.3, -0.25) is 0 Å². The zero-order valence-electron chi connectivity index (χ0n) is 13.6. The second-order valence-electron chi connectivity index (χ2n) is 6.47. The summed E-state index contributed by atoms with van der Waals surface area (Å²) in [6.07, 6.45) is 1.55. The number of carboxylic acids is 1.